The summed E-state index contributed by atoms with van der Waals surface area (Å²) in [4.78, 5) is 1.41. The zero-order valence-electron chi connectivity index (χ0n) is 8.05. The van der Waals surface area contributed by atoms with Gasteiger partial charge in [0.1, 0.15) is 12.4 Å². The first-order valence-corrected chi connectivity index (χ1v) is 4.17. The summed E-state index contributed by atoms with van der Waals surface area (Å²) in [7, 11) is 1.72. The van der Waals surface area contributed by atoms with Crippen LogP contribution in [0.5, 0.6) is 0 Å². The van der Waals surface area contributed by atoms with E-state index < -0.39 is 0 Å². The van der Waals surface area contributed by atoms with E-state index in [1.165, 1.54) is 4.80 Å². The molecule has 0 aliphatic heterocycles. The molecule has 0 spiro atoms. The first-order valence-electron chi connectivity index (χ1n) is 4.17. The molecule has 7 heteroatoms. The summed E-state index contributed by atoms with van der Waals surface area (Å²) in [6.07, 6.45) is 1.85. The van der Waals surface area contributed by atoms with Crippen molar-refractivity contribution < 1.29 is 0 Å². The van der Waals surface area contributed by atoms with Crippen LogP contribution in [0.1, 0.15) is 11.4 Å². The Morgan fingerprint density at radius 1 is 1.43 bits per heavy atom. The highest BCUT2D eigenvalue weighted by atomic mass is 15.6. The standard InChI is InChI=1S/C7H11N7/c1-5-3-14(11-7(5)8)4-6-9-12-13(2)10-6/h3H,4H2,1-2H3,(H2,8,11). The predicted molar refractivity (Wildman–Crippen MR) is 49.3 cm³/mol. The van der Waals surface area contributed by atoms with Crippen molar-refractivity contribution in [3.63, 3.8) is 0 Å². The van der Waals surface area contributed by atoms with Crippen molar-refractivity contribution in [3.05, 3.63) is 17.6 Å². The van der Waals surface area contributed by atoms with Crippen LogP contribution in [0.3, 0.4) is 0 Å². The van der Waals surface area contributed by atoms with Crippen LogP contribution in [0.2, 0.25) is 0 Å². The first kappa shape index (κ1) is 8.67. The molecule has 2 aromatic heterocycles. The van der Waals surface area contributed by atoms with Gasteiger partial charge in [-0.1, -0.05) is 0 Å². The Kier molecular flexibility index (Phi) is 1.91. The van der Waals surface area contributed by atoms with E-state index in [4.69, 9.17) is 5.73 Å². The smallest absolute Gasteiger partial charge is 0.196 e. The second-order valence-corrected chi connectivity index (χ2v) is 3.09. The van der Waals surface area contributed by atoms with Crippen LogP contribution in [0.15, 0.2) is 6.20 Å². The Morgan fingerprint density at radius 2 is 2.21 bits per heavy atom. The molecule has 0 aliphatic rings. The van der Waals surface area contributed by atoms with Gasteiger partial charge in [0.05, 0.1) is 7.05 Å². The van der Waals surface area contributed by atoms with Gasteiger partial charge in [-0.05, 0) is 12.1 Å². The minimum Gasteiger partial charge on any atom is -0.382 e. The SMILES string of the molecule is Cc1cn(Cc2nnn(C)n2)nc1N. The molecule has 2 aromatic rings. The fourth-order valence-electron chi connectivity index (χ4n) is 1.15. The van der Waals surface area contributed by atoms with Crippen molar-refractivity contribution in [2.75, 3.05) is 5.73 Å². The number of hydrogen-bond acceptors (Lipinski definition) is 5. The Balaban J connectivity index is 2.18. The van der Waals surface area contributed by atoms with Gasteiger partial charge in [0.2, 0.25) is 0 Å². The molecular formula is C7H11N7. The number of tetrazole rings is 1. The van der Waals surface area contributed by atoms with Gasteiger partial charge in [0.25, 0.3) is 0 Å². The second kappa shape index (κ2) is 3.09. The fourth-order valence-corrected chi connectivity index (χ4v) is 1.15. The van der Waals surface area contributed by atoms with Gasteiger partial charge in [-0.2, -0.15) is 9.90 Å². The molecule has 0 bridgehead atoms. The summed E-state index contributed by atoms with van der Waals surface area (Å²) >= 11 is 0. The molecule has 2 rings (SSSR count). The van der Waals surface area contributed by atoms with E-state index in [0.29, 0.717) is 18.2 Å². The van der Waals surface area contributed by atoms with Crippen LogP contribution in [-0.4, -0.2) is 30.0 Å². The molecule has 0 saturated carbocycles. The van der Waals surface area contributed by atoms with Crippen LogP contribution in [-0.2, 0) is 13.6 Å². The molecule has 0 saturated heterocycles. The monoisotopic (exact) mass is 193 g/mol. The summed E-state index contributed by atoms with van der Waals surface area (Å²) in [5.41, 5.74) is 6.56. The number of nitrogens with two attached hydrogens (primary N) is 1. The fraction of sp³-hybridized carbons (Fsp3) is 0.429. The van der Waals surface area contributed by atoms with Crippen LogP contribution in [0.25, 0.3) is 0 Å². The number of nitrogen functional groups attached to an aromatic ring is 1. The number of aryl methyl sites for hydroxylation is 2. The predicted octanol–water partition coefficient (Wildman–Crippen LogP) is -0.654. The van der Waals surface area contributed by atoms with E-state index in [0.717, 1.165) is 5.56 Å². The molecule has 0 aliphatic carbocycles. The molecule has 0 fully saturated rings. The maximum atomic E-state index is 5.61. The summed E-state index contributed by atoms with van der Waals surface area (Å²) in [5, 5.41) is 15.7. The van der Waals surface area contributed by atoms with Crippen molar-refractivity contribution in [1.82, 2.24) is 30.0 Å². The van der Waals surface area contributed by atoms with Crippen molar-refractivity contribution in [3.8, 4) is 0 Å². The van der Waals surface area contributed by atoms with E-state index in [2.05, 4.69) is 20.5 Å². The number of nitrogens with zero attached hydrogens (tertiary/aromatic N) is 6. The van der Waals surface area contributed by atoms with Crippen molar-refractivity contribution >= 4 is 5.82 Å². The summed E-state index contributed by atoms with van der Waals surface area (Å²) in [5.74, 6) is 1.16. The third kappa shape index (κ3) is 1.56. The normalized spacial score (nSPS) is 10.7. The molecule has 0 aromatic carbocycles. The maximum absolute atomic E-state index is 5.61. The third-order valence-electron chi connectivity index (χ3n) is 1.84. The van der Waals surface area contributed by atoms with Crippen LogP contribution in [0.4, 0.5) is 5.82 Å². The highest BCUT2D eigenvalue weighted by molar-refractivity contribution is 5.35. The molecule has 0 radical (unpaired) electrons. The topological polar surface area (TPSA) is 87.4 Å². The average Bonchev–Trinajstić information content (AvgIpc) is 2.62. The maximum Gasteiger partial charge on any atom is 0.196 e. The van der Waals surface area contributed by atoms with Gasteiger partial charge >= 0.3 is 0 Å². The highest BCUT2D eigenvalue weighted by Crippen LogP contribution is 2.06. The molecule has 0 amide bonds. The largest absolute Gasteiger partial charge is 0.382 e. The number of hydrogen-bond donors (Lipinski definition) is 1. The summed E-state index contributed by atoms with van der Waals surface area (Å²) < 4.78 is 1.70. The van der Waals surface area contributed by atoms with Crippen LogP contribution >= 0.6 is 0 Å². The summed E-state index contributed by atoms with van der Waals surface area (Å²) in [6, 6.07) is 0. The molecule has 7 nitrogen and oxygen atoms in total. The van der Waals surface area contributed by atoms with E-state index in [9.17, 15) is 0 Å². The molecule has 14 heavy (non-hydrogen) atoms. The minimum atomic E-state index is 0.492. The van der Waals surface area contributed by atoms with E-state index in [-0.39, 0.29) is 0 Å². The van der Waals surface area contributed by atoms with Gasteiger partial charge in [-0.3, -0.25) is 4.68 Å². The Bertz CT molecular complexity index is 421. The number of anilines is 1. The van der Waals surface area contributed by atoms with Gasteiger partial charge in [-0.25, -0.2) is 0 Å². The third-order valence-corrected chi connectivity index (χ3v) is 1.84. The lowest BCUT2D eigenvalue weighted by atomic mass is 10.4. The van der Waals surface area contributed by atoms with Gasteiger partial charge < -0.3 is 5.73 Å². The number of aromatic nitrogens is 6. The van der Waals surface area contributed by atoms with Gasteiger partial charge in [-0.15, -0.1) is 10.2 Å². The first-order chi connectivity index (χ1) is 6.65. The van der Waals surface area contributed by atoms with Gasteiger partial charge in [0, 0.05) is 11.8 Å². The Hall–Kier alpha value is -1.92. The quantitative estimate of drug-likeness (QED) is 0.684. The average molecular weight is 193 g/mol. The van der Waals surface area contributed by atoms with Crippen LogP contribution in [0, 0.1) is 6.92 Å². The lowest BCUT2D eigenvalue weighted by Gasteiger charge is -1.93. The second-order valence-electron chi connectivity index (χ2n) is 3.09. The molecular weight excluding hydrogens is 182 g/mol. The Labute approximate surface area is 80.5 Å². The van der Waals surface area contributed by atoms with Gasteiger partial charge in [0.15, 0.2) is 5.82 Å². The van der Waals surface area contributed by atoms with Crippen molar-refractivity contribution in [2.24, 2.45) is 7.05 Å². The summed E-state index contributed by atoms with van der Waals surface area (Å²) in [6.45, 7) is 2.40. The molecule has 74 valence electrons. The van der Waals surface area contributed by atoms with E-state index in [1.54, 1.807) is 11.7 Å². The minimum absolute atomic E-state index is 0.492. The molecule has 0 atom stereocenters. The molecule has 2 heterocycles. The van der Waals surface area contributed by atoms with Crippen molar-refractivity contribution in [1.29, 1.82) is 0 Å². The number of rotatable bonds is 2. The van der Waals surface area contributed by atoms with E-state index >= 15 is 0 Å². The molecule has 0 unspecified atom stereocenters. The van der Waals surface area contributed by atoms with Crippen LogP contribution < -0.4 is 5.73 Å². The lowest BCUT2D eigenvalue weighted by Crippen LogP contribution is -2.03. The zero-order valence-corrected chi connectivity index (χ0v) is 8.05. The van der Waals surface area contributed by atoms with Crippen molar-refractivity contribution in [2.45, 2.75) is 13.5 Å². The van der Waals surface area contributed by atoms with E-state index in [1.807, 2.05) is 13.1 Å². The highest BCUT2D eigenvalue weighted by Gasteiger charge is 2.04. The Morgan fingerprint density at radius 3 is 2.71 bits per heavy atom. The lowest BCUT2D eigenvalue weighted by molar-refractivity contribution is 0.618. The molecule has 2 N–H and O–H groups in total. The zero-order chi connectivity index (χ0) is 10.1.